The van der Waals surface area contributed by atoms with Gasteiger partial charge in [-0.3, -0.25) is 9.79 Å². The Hall–Kier alpha value is -2.23. The van der Waals surface area contributed by atoms with Crippen LogP contribution in [0.2, 0.25) is 0 Å². The Balaban J connectivity index is 0.00000320. The summed E-state index contributed by atoms with van der Waals surface area (Å²) in [4.78, 5) is 16.3. The lowest BCUT2D eigenvalue weighted by atomic mass is 10.2. The maximum absolute atomic E-state index is 12.0. The van der Waals surface area contributed by atoms with Crippen molar-refractivity contribution in [3.05, 3.63) is 53.5 Å². The summed E-state index contributed by atoms with van der Waals surface area (Å²) in [5.41, 5.74) is 1.95. The zero-order chi connectivity index (χ0) is 20.5. The van der Waals surface area contributed by atoms with Gasteiger partial charge < -0.3 is 25.1 Å². The SMILES string of the molecule is CN=C(NCCCNC(=O)c1occc1C)NCc1ccccc1OCC1CC1.I. The van der Waals surface area contributed by atoms with Crippen LogP contribution in [-0.4, -0.2) is 38.6 Å². The summed E-state index contributed by atoms with van der Waals surface area (Å²) < 4.78 is 11.1. The molecule has 3 rings (SSSR count). The number of aryl methyl sites for hydroxylation is 1. The van der Waals surface area contributed by atoms with Gasteiger partial charge in [0.2, 0.25) is 0 Å². The van der Waals surface area contributed by atoms with Gasteiger partial charge in [0.25, 0.3) is 5.91 Å². The number of aliphatic imine (C=N–C) groups is 1. The van der Waals surface area contributed by atoms with E-state index < -0.39 is 0 Å². The van der Waals surface area contributed by atoms with Gasteiger partial charge in [0.05, 0.1) is 12.9 Å². The smallest absolute Gasteiger partial charge is 0.287 e. The molecule has 8 heteroatoms. The highest BCUT2D eigenvalue weighted by Gasteiger charge is 2.22. The van der Waals surface area contributed by atoms with Crippen LogP contribution in [0.4, 0.5) is 0 Å². The van der Waals surface area contributed by atoms with E-state index in [9.17, 15) is 4.79 Å². The number of carbonyl (C=O) groups excluding carboxylic acids is 1. The van der Waals surface area contributed by atoms with Gasteiger partial charge in [-0.15, -0.1) is 24.0 Å². The van der Waals surface area contributed by atoms with Gasteiger partial charge in [0, 0.05) is 37.8 Å². The van der Waals surface area contributed by atoms with Gasteiger partial charge in [-0.1, -0.05) is 18.2 Å². The molecule has 1 aliphatic rings. The number of ether oxygens (including phenoxy) is 1. The molecule has 3 N–H and O–H groups in total. The topological polar surface area (TPSA) is 87.9 Å². The maximum Gasteiger partial charge on any atom is 0.287 e. The summed E-state index contributed by atoms with van der Waals surface area (Å²) in [6.45, 7) is 4.53. The van der Waals surface area contributed by atoms with Gasteiger partial charge >= 0.3 is 0 Å². The number of nitrogens with one attached hydrogen (secondary N) is 3. The van der Waals surface area contributed by atoms with E-state index in [4.69, 9.17) is 9.15 Å². The number of para-hydroxylation sites is 1. The Bertz CT molecular complexity index is 833. The van der Waals surface area contributed by atoms with Crippen molar-refractivity contribution in [1.29, 1.82) is 0 Å². The number of guanidine groups is 1. The Morgan fingerprint density at radius 2 is 1.93 bits per heavy atom. The fourth-order valence-electron chi connectivity index (χ4n) is 2.87. The molecule has 0 atom stereocenters. The number of carbonyl (C=O) groups is 1. The minimum absolute atomic E-state index is 0. The molecule has 164 valence electrons. The molecule has 30 heavy (non-hydrogen) atoms. The first-order chi connectivity index (χ1) is 14.2. The van der Waals surface area contributed by atoms with Crippen LogP contribution in [0, 0.1) is 12.8 Å². The van der Waals surface area contributed by atoms with Crippen molar-refractivity contribution in [3.8, 4) is 5.75 Å². The Morgan fingerprint density at radius 1 is 1.17 bits per heavy atom. The number of halogens is 1. The van der Waals surface area contributed by atoms with Crippen LogP contribution in [0.1, 0.15) is 40.9 Å². The second-order valence-corrected chi connectivity index (χ2v) is 7.26. The molecule has 1 aromatic heterocycles. The first kappa shape index (κ1) is 24.0. The number of benzene rings is 1. The predicted octanol–water partition coefficient (Wildman–Crippen LogP) is 3.48. The number of amides is 1. The van der Waals surface area contributed by atoms with Crippen molar-refractivity contribution in [2.75, 3.05) is 26.7 Å². The molecule has 1 aliphatic carbocycles. The Kier molecular flexibility index (Phi) is 9.99. The normalized spacial score (nSPS) is 13.3. The fourth-order valence-corrected chi connectivity index (χ4v) is 2.87. The number of nitrogens with zero attached hydrogens (tertiary/aromatic N) is 1. The minimum Gasteiger partial charge on any atom is -0.493 e. The highest BCUT2D eigenvalue weighted by molar-refractivity contribution is 14.0. The van der Waals surface area contributed by atoms with Crippen LogP contribution in [-0.2, 0) is 6.54 Å². The van der Waals surface area contributed by atoms with E-state index in [1.54, 1.807) is 13.1 Å². The molecule has 1 amide bonds. The van der Waals surface area contributed by atoms with Crippen LogP contribution < -0.4 is 20.7 Å². The van der Waals surface area contributed by atoms with Crippen LogP contribution in [0.5, 0.6) is 5.75 Å². The average Bonchev–Trinajstić information content (AvgIpc) is 3.47. The van der Waals surface area contributed by atoms with E-state index >= 15 is 0 Å². The third kappa shape index (κ3) is 7.55. The lowest BCUT2D eigenvalue weighted by molar-refractivity contribution is 0.0925. The highest BCUT2D eigenvalue weighted by Crippen LogP contribution is 2.30. The molecule has 0 saturated heterocycles. The standard InChI is InChI=1S/C22H30N4O3.HI/c1-16-10-13-28-20(16)21(27)24-11-5-12-25-22(23-2)26-14-18-6-3-4-7-19(18)29-15-17-8-9-17;/h3-4,6-7,10,13,17H,5,8-9,11-12,14-15H2,1-2H3,(H,24,27)(H2,23,25,26);1H. The summed E-state index contributed by atoms with van der Waals surface area (Å²) in [5, 5.41) is 9.44. The lowest BCUT2D eigenvalue weighted by Crippen LogP contribution is -2.38. The van der Waals surface area contributed by atoms with Crippen LogP contribution in [0.15, 0.2) is 46.0 Å². The maximum atomic E-state index is 12.0. The van der Waals surface area contributed by atoms with Gasteiger partial charge in [-0.25, -0.2) is 0 Å². The van der Waals surface area contributed by atoms with Gasteiger partial charge in [0.1, 0.15) is 5.75 Å². The van der Waals surface area contributed by atoms with E-state index in [0.29, 0.717) is 25.4 Å². The zero-order valence-electron chi connectivity index (χ0n) is 17.6. The van der Waals surface area contributed by atoms with Crippen molar-refractivity contribution in [2.45, 2.75) is 32.7 Å². The van der Waals surface area contributed by atoms with Crippen molar-refractivity contribution in [1.82, 2.24) is 16.0 Å². The third-order valence-corrected chi connectivity index (χ3v) is 4.81. The van der Waals surface area contributed by atoms with E-state index in [2.05, 4.69) is 27.0 Å². The molecule has 1 aromatic carbocycles. The molecule has 1 saturated carbocycles. The number of rotatable bonds is 10. The quantitative estimate of drug-likeness (QED) is 0.191. The predicted molar refractivity (Wildman–Crippen MR) is 129 cm³/mol. The molecule has 7 nitrogen and oxygen atoms in total. The van der Waals surface area contributed by atoms with Crippen LogP contribution in [0.3, 0.4) is 0 Å². The summed E-state index contributed by atoms with van der Waals surface area (Å²) in [5.74, 6) is 2.56. The van der Waals surface area contributed by atoms with Gasteiger partial charge in [0.15, 0.2) is 11.7 Å². The second kappa shape index (κ2) is 12.5. The van der Waals surface area contributed by atoms with E-state index in [1.165, 1.54) is 19.1 Å². The molecule has 0 aliphatic heterocycles. The zero-order valence-corrected chi connectivity index (χ0v) is 19.9. The number of hydrogen-bond acceptors (Lipinski definition) is 4. The Labute approximate surface area is 195 Å². The van der Waals surface area contributed by atoms with Crippen molar-refractivity contribution in [3.63, 3.8) is 0 Å². The van der Waals surface area contributed by atoms with Crippen LogP contribution >= 0.6 is 24.0 Å². The summed E-state index contributed by atoms with van der Waals surface area (Å²) in [7, 11) is 1.74. The summed E-state index contributed by atoms with van der Waals surface area (Å²) in [6, 6.07) is 9.87. The second-order valence-electron chi connectivity index (χ2n) is 7.26. The molecule has 2 aromatic rings. The molecular formula is C22H31IN4O3. The fraction of sp³-hybridized carbons (Fsp3) is 0.455. The summed E-state index contributed by atoms with van der Waals surface area (Å²) >= 11 is 0. The lowest BCUT2D eigenvalue weighted by Gasteiger charge is -2.15. The molecule has 0 spiro atoms. The van der Waals surface area contributed by atoms with Crippen molar-refractivity contribution in [2.24, 2.45) is 10.9 Å². The van der Waals surface area contributed by atoms with E-state index in [-0.39, 0.29) is 29.9 Å². The first-order valence-corrected chi connectivity index (χ1v) is 10.1. The van der Waals surface area contributed by atoms with E-state index in [0.717, 1.165) is 41.8 Å². The minimum atomic E-state index is -0.183. The summed E-state index contributed by atoms with van der Waals surface area (Å²) in [6.07, 6.45) is 4.85. The molecule has 1 heterocycles. The number of hydrogen-bond donors (Lipinski definition) is 3. The van der Waals surface area contributed by atoms with Crippen LogP contribution in [0.25, 0.3) is 0 Å². The number of furan rings is 1. The molecule has 0 bridgehead atoms. The van der Waals surface area contributed by atoms with E-state index in [1.807, 2.05) is 25.1 Å². The highest BCUT2D eigenvalue weighted by atomic mass is 127. The monoisotopic (exact) mass is 526 g/mol. The largest absolute Gasteiger partial charge is 0.493 e. The van der Waals surface area contributed by atoms with Crippen molar-refractivity contribution < 1.29 is 13.9 Å². The molecular weight excluding hydrogens is 495 g/mol. The van der Waals surface area contributed by atoms with Gasteiger partial charge in [-0.05, 0) is 44.2 Å². The molecule has 1 fully saturated rings. The first-order valence-electron chi connectivity index (χ1n) is 10.1. The van der Waals surface area contributed by atoms with Gasteiger partial charge in [-0.2, -0.15) is 0 Å². The molecule has 0 unspecified atom stereocenters. The Morgan fingerprint density at radius 3 is 2.63 bits per heavy atom. The molecule has 0 radical (unpaired) electrons. The van der Waals surface area contributed by atoms with Crippen molar-refractivity contribution >= 4 is 35.8 Å². The third-order valence-electron chi connectivity index (χ3n) is 4.81. The average molecular weight is 526 g/mol.